The molecule has 0 fully saturated rings. The summed E-state index contributed by atoms with van der Waals surface area (Å²) in [6.45, 7) is 7.30. The highest BCUT2D eigenvalue weighted by molar-refractivity contribution is 5.82. The van der Waals surface area contributed by atoms with Crippen molar-refractivity contribution in [1.29, 1.82) is 0 Å². The Labute approximate surface area is 62.3 Å². The van der Waals surface area contributed by atoms with Crippen LogP contribution in [0.2, 0.25) is 0 Å². The van der Waals surface area contributed by atoms with Crippen LogP contribution in [0.1, 0.15) is 33.1 Å². The van der Waals surface area contributed by atoms with Crippen molar-refractivity contribution in [2.75, 3.05) is 0 Å². The first-order chi connectivity index (χ1) is 4.66. The van der Waals surface area contributed by atoms with Crippen molar-refractivity contribution < 1.29 is 5.11 Å². The van der Waals surface area contributed by atoms with Crippen LogP contribution in [0, 0.1) is 0 Å². The highest BCUT2D eigenvalue weighted by Crippen LogP contribution is 1.98. The quantitative estimate of drug-likeness (QED) is 0.473. The van der Waals surface area contributed by atoms with Crippen molar-refractivity contribution >= 4 is 5.71 Å². The second-order valence-corrected chi connectivity index (χ2v) is 2.37. The topological polar surface area (TPSA) is 32.6 Å². The minimum atomic E-state index is -0.0893. The molecule has 2 nitrogen and oxygen atoms in total. The van der Waals surface area contributed by atoms with E-state index >= 15 is 0 Å². The summed E-state index contributed by atoms with van der Waals surface area (Å²) >= 11 is 0. The van der Waals surface area contributed by atoms with Crippen LogP contribution >= 0.6 is 0 Å². The molecule has 0 radical (unpaired) electrons. The fourth-order valence-corrected chi connectivity index (χ4v) is 0.709. The lowest BCUT2D eigenvalue weighted by Gasteiger charge is -1.96. The maximum Gasteiger partial charge on any atom is 0.203 e. The van der Waals surface area contributed by atoms with Crippen molar-refractivity contribution in [3.63, 3.8) is 0 Å². The summed E-state index contributed by atoms with van der Waals surface area (Å²) in [6, 6.07) is 0. The molecule has 0 aliphatic heterocycles. The van der Waals surface area contributed by atoms with Crippen molar-refractivity contribution in [1.82, 2.24) is 0 Å². The molecule has 0 aliphatic carbocycles. The summed E-state index contributed by atoms with van der Waals surface area (Å²) in [5.41, 5.74) is 0.953. The van der Waals surface area contributed by atoms with Crippen LogP contribution in [0.25, 0.3) is 0 Å². The maximum absolute atomic E-state index is 8.64. The van der Waals surface area contributed by atoms with Crippen LogP contribution in [0.3, 0.4) is 0 Å². The number of nitrogens with zero attached hydrogens (tertiary/aromatic N) is 1. The van der Waals surface area contributed by atoms with E-state index < -0.39 is 0 Å². The van der Waals surface area contributed by atoms with E-state index in [1.165, 1.54) is 0 Å². The van der Waals surface area contributed by atoms with Crippen molar-refractivity contribution in [3.8, 4) is 0 Å². The van der Waals surface area contributed by atoms with Gasteiger partial charge in [-0.15, -0.1) is 0 Å². The fourth-order valence-electron chi connectivity index (χ4n) is 0.709. The van der Waals surface area contributed by atoms with Crippen LogP contribution in [0.15, 0.2) is 17.5 Å². The summed E-state index contributed by atoms with van der Waals surface area (Å²) in [7, 11) is 0. The number of unbranched alkanes of at least 4 members (excludes halogenated alkanes) is 1. The molecule has 0 heterocycles. The zero-order chi connectivity index (χ0) is 7.98. The maximum atomic E-state index is 8.64. The third-order valence-corrected chi connectivity index (χ3v) is 1.21. The minimum absolute atomic E-state index is 0.0893. The molecule has 0 aliphatic rings. The lowest BCUT2D eigenvalue weighted by molar-refractivity contribution is 0.409. The SMILES string of the molecule is C=C(O)/N=C(\C)CCCC. The molecule has 0 rings (SSSR count). The lowest BCUT2D eigenvalue weighted by atomic mass is 10.2. The van der Waals surface area contributed by atoms with Gasteiger partial charge in [-0.3, -0.25) is 0 Å². The van der Waals surface area contributed by atoms with Crippen LogP contribution < -0.4 is 0 Å². The largest absolute Gasteiger partial charge is 0.494 e. The molecule has 10 heavy (non-hydrogen) atoms. The second-order valence-electron chi connectivity index (χ2n) is 2.37. The Bertz CT molecular complexity index is 138. The van der Waals surface area contributed by atoms with E-state index in [-0.39, 0.29) is 5.88 Å². The Morgan fingerprint density at radius 3 is 2.60 bits per heavy atom. The normalized spacial score (nSPS) is 11.6. The predicted molar refractivity (Wildman–Crippen MR) is 44.4 cm³/mol. The molecule has 0 saturated heterocycles. The van der Waals surface area contributed by atoms with E-state index in [2.05, 4.69) is 18.5 Å². The first kappa shape index (κ1) is 9.21. The van der Waals surface area contributed by atoms with Gasteiger partial charge in [0.2, 0.25) is 5.88 Å². The number of aliphatic hydroxyl groups excluding tert-OH is 1. The average Bonchev–Trinajstić information content (AvgIpc) is 1.82. The Kier molecular flexibility index (Phi) is 4.63. The summed E-state index contributed by atoms with van der Waals surface area (Å²) in [4.78, 5) is 3.79. The second kappa shape index (κ2) is 5.03. The van der Waals surface area contributed by atoms with Crippen LogP contribution in [-0.2, 0) is 0 Å². The third-order valence-electron chi connectivity index (χ3n) is 1.21. The Morgan fingerprint density at radius 2 is 2.20 bits per heavy atom. The number of hydrogen-bond donors (Lipinski definition) is 1. The molecule has 0 unspecified atom stereocenters. The average molecular weight is 141 g/mol. The number of aliphatic hydroxyl groups is 1. The lowest BCUT2D eigenvalue weighted by Crippen LogP contribution is -1.91. The number of rotatable bonds is 4. The van der Waals surface area contributed by atoms with E-state index in [9.17, 15) is 0 Å². The molecule has 0 aromatic rings. The van der Waals surface area contributed by atoms with Crippen molar-refractivity contribution in [2.24, 2.45) is 4.99 Å². The van der Waals surface area contributed by atoms with Gasteiger partial charge in [-0.05, 0) is 26.3 Å². The molecule has 0 aromatic heterocycles. The zero-order valence-electron chi connectivity index (χ0n) is 6.72. The highest BCUT2D eigenvalue weighted by Gasteiger charge is 1.90. The first-order valence-corrected chi connectivity index (χ1v) is 3.59. The Balaban J connectivity index is 3.60. The fraction of sp³-hybridized carbons (Fsp3) is 0.625. The molecule has 2 heteroatoms. The Hall–Kier alpha value is -0.790. The molecule has 0 aromatic carbocycles. The van der Waals surface area contributed by atoms with Crippen molar-refractivity contribution in [2.45, 2.75) is 33.1 Å². The minimum Gasteiger partial charge on any atom is -0.494 e. The van der Waals surface area contributed by atoms with E-state index in [1.807, 2.05) is 6.92 Å². The third kappa shape index (κ3) is 5.35. The van der Waals surface area contributed by atoms with Gasteiger partial charge in [0.15, 0.2) is 0 Å². The number of hydrogen-bond acceptors (Lipinski definition) is 2. The van der Waals surface area contributed by atoms with Gasteiger partial charge in [-0.25, -0.2) is 4.99 Å². The van der Waals surface area contributed by atoms with Gasteiger partial charge in [-0.2, -0.15) is 0 Å². The molecule has 58 valence electrons. The number of aliphatic imine (C=N–C) groups is 1. The molecular weight excluding hydrogens is 126 g/mol. The summed E-state index contributed by atoms with van der Waals surface area (Å²) in [6.07, 6.45) is 3.24. The van der Waals surface area contributed by atoms with Crippen LogP contribution in [-0.4, -0.2) is 10.8 Å². The van der Waals surface area contributed by atoms with E-state index in [1.54, 1.807) is 0 Å². The summed E-state index contributed by atoms with van der Waals surface area (Å²) in [5, 5.41) is 8.64. The smallest absolute Gasteiger partial charge is 0.203 e. The molecule has 0 amide bonds. The molecule has 0 bridgehead atoms. The standard InChI is InChI=1S/C8H15NO/c1-4-5-6-7(2)9-8(3)10/h10H,3-6H2,1-2H3/b9-7+. The highest BCUT2D eigenvalue weighted by atomic mass is 16.3. The molecule has 0 atom stereocenters. The van der Waals surface area contributed by atoms with Gasteiger partial charge in [0, 0.05) is 5.71 Å². The predicted octanol–water partition coefficient (Wildman–Crippen LogP) is 2.67. The van der Waals surface area contributed by atoms with E-state index in [0.717, 1.165) is 25.0 Å². The van der Waals surface area contributed by atoms with Gasteiger partial charge in [0.1, 0.15) is 0 Å². The molecule has 0 saturated carbocycles. The van der Waals surface area contributed by atoms with Gasteiger partial charge >= 0.3 is 0 Å². The van der Waals surface area contributed by atoms with Gasteiger partial charge in [0.25, 0.3) is 0 Å². The molecule has 0 spiro atoms. The monoisotopic (exact) mass is 141 g/mol. The first-order valence-electron chi connectivity index (χ1n) is 3.59. The van der Waals surface area contributed by atoms with Crippen LogP contribution in [0.4, 0.5) is 0 Å². The van der Waals surface area contributed by atoms with Gasteiger partial charge in [0.05, 0.1) is 0 Å². The summed E-state index contributed by atoms with van der Waals surface area (Å²) < 4.78 is 0. The van der Waals surface area contributed by atoms with Crippen molar-refractivity contribution in [3.05, 3.63) is 12.5 Å². The van der Waals surface area contributed by atoms with E-state index in [0.29, 0.717) is 0 Å². The van der Waals surface area contributed by atoms with Crippen LogP contribution in [0.5, 0.6) is 0 Å². The molecular formula is C8H15NO. The van der Waals surface area contributed by atoms with Gasteiger partial charge < -0.3 is 5.11 Å². The molecule has 1 N–H and O–H groups in total. The zero-order valence-corrected chi connectivity index (χ0v) is 6.72. The summed E-state index contributed by atoms with van der Waals surface area (Å²) in [5.74, 6) is -0.0893. The Morgan fingerprint density at radius 1 is 1.60 bits per heavy atom. The van der Waals surface area contributed by atoms with Gasteiger partial charge in [-0.1, -0.05) is 13.3 Å². The van der Waals surface area contributed by atoms with E-state index in [4.69, 9.17) is 5.11 Å².